The number of rotatable bonds is 6. The lowest BCUT2D eigenvalue weighted by molar-refractivity contribution is -0.124. The number of nitrogens with one attached hydrogen (secondary N) is 3. The lowest BCUT2D eigenvalue weighted by Gasteiger charge is -2.19. The van der Waals surface area contributed by atoms with Crippen LogP contribution in [0.3, 0.4) is 0 Å². The number of urea groups is 1. The van der Waals surface area contributed by atoms with Gasteiger partial charge in [0.1, 0.15) is 11.4 Å². The zero-order valence-corrected chi connectivity index (χ0v) is 15.9. The first-order valence-corrected chi connectivity index (χ1v) is 8.91. The summed E-state index contributed by atoms with van der Waals surface area (Å²) in [4.78, 5) is 35.3. The van der Waals surface area contributed by atoms with Gasteiger partial charge in [0.05, 0.1) is 11.4 Å². The minimum atomic E-state index is -1.08. The van der Waals surface area contributed by atoms with Crippen molar-refractivity contribution in [3.63, 3.8) is 0 Å². The van der Waals surface area contributed by atoms with E-state index in [4.69, 9.17) is 0 Å². The molecule has 148 valence electrons. The van der Waals surface area contributed by atoms with E-state index in [1.54, 1.807) is 23.7 Å². The highest BCUT2D eigenvalue weighted by atomic mass is 19.1. The standard InChI is InChI=1S/C19H22FN5O3/c1-11-15(12(2)25(24-11)14-6-4-13(20)5-7-14)10-21-16(26)8-9-19(3)17(27)22-18(28)23-19/h4-7H,8-10H2,1-3H3,(H,21,26)(H2,22,23,27,28)/t19-/m0/s1. The van der Waals surface area contributed by atoms with Crippen molar-refractivity contribution >= 4 is 17.8 Å². The van der Waals surface area contributed by atoms with Crippen molar-refractivity contribution in [2.45, 2.75) is 45.7 Å². The fourth-order valence-corrected chi connectivity index (χ4v) is 3.16. The second kappa shape index (κ2) is 7.41. The highest BCUT2D eigenvalue weighted by Crippen LogP contribution is 2.19. The molecule has 1 fully saturated rings. The Balaban J connectivity index is 1.61. The van der Waals surface area contributed by atoms with Crippen LogP contribution in [0.15, 0.2) is 24.3 Å². The molecule has 1 aliphatic heterocycles. The van der Waals surface area contributed by atoms with Gasteiger partial charge in [-0.05, 0) is 51.5 Å². The Morgan fingerprint density at radius 3 is 2.54 bits per heavy atom. The number of hydrogen-bond donors (Lipinski definition) is 3. The Bertz CT molecular complexity index is 938. The summed E-state index contributed by atoms with van der Waals surface area (Å²) in [5.41, 5.74) is 2.13. The number of halogens is 1. The molecule has 1 aliphatic rings. The highest BCUT2D eigenvalue weighted by Gasteiger charge is 2.41. The van der Waals surface area contributed by atoms with E-state index in [0.717, 1.165) is 22.6 Å². The van der Waals surface area contributed by atoms with E-state index in [0.29, 0.717) is 0 Å². The highest BCUT2D eigenvalue weighted by molar-refractivity contribution is 6.06. The molecule has 0 radical (unpaired) electrons. The van der Waals surface area contributed by atoms with E-state index in [-0.39, 0.29) is 31.1 Å². The van der Waals surface area contributed by atoms with Gasteiger partial charge in [0.15, 0.2) is 0 Å². The Kier molecular flexibility index (Phi) is 5.17. The fourth-order valence-electron chi connectivity index (χ4n) is 3.16. The normalized spacial score (nSPS) is 18.7. The molecular formula is C19H22FN5O3. The van der Waals surface area contributed by atoms with Crippen molar-refractivity contribution in [1.29, 1.82) is 0 Å². The molecule has 0 saturated carbocycles. The van der Waals surface area contributed by atoms with E-state index >= 15 is 0 Å². The predicted octanol–water partition coefficient (Wildman–Crippen LogP) is 1.62. The van der Waals surface area contributed by atoms with Crippen molar-refractivity contribution in [3.8, 4) is 5.69 Å². The maximum Gasteiger partial charge on any atom is 0.322 e. The zero-order chi connectivity index (χ0) is 20.5. The van der Waals surface area contributed by atoms with Crippen molar-refractivity contribution < 1.29 is 18.8 Å². The third-order valence-corrected chi connectivity index (χ3v) is 4.94. The Labute approximate surface area is 161 Å². The molecule has 4 amide bonds. The predicted molar refractivity (Wildman–Crippen MR) is 99.2 cm³/mol. The van der Waals surface area contributed by atoms with Gasteiger partial charge in [-0.1, -0.05) is 0 Å². The molecule has 0 bridgehead atoms. The number of hydrogen-bond acceptors (Lipinski definition) is 4. The van der Waals surface area contributed by atoms with Gasteiger partial charge in [0, 0.05) is 24.2 Å². The van der Waals surface area contributed by atoms with Gasteiger partial charge in [-0.25, -0.2) is 13.9 Å². The largest absolute Gasteiger partial charge is 0.352 e. The summed E-state index contributed by atoms with van der Waals surface area (Å²) in [5.74, 6) is -0.986. The van der Waals surface area contributed by atoms with E-state index in [1.165, 1.54) is 12.1 Å². The lowest BCUT2D eigenvalue weighted by atomic mass is 9.96. The van der Waals surface area contributed by atoms with Crippen LogP contribution in [0.1, 0.15) is 36.7 Å². The quantitative estimate of drug-likeness (QED) is 0.655. The van der Waals surface area contributed by atoms with E-state index in [2.05, 4.69) is 21.0 Å². The molecular weight excluding hydrogens is 365 g/mol. The van der Waals surface area contributed by atoms with Gasteiger partial charge < -0.3 is 10.6 Å². The van der Waals surface area contributed by atoms with Gasteiger partial charge in [0.2, 0.25) is 5.91 Å². The van der Waals surface area contributed by atoms with Crippen LogP contribution in [0.2, 0.25) is 0 Å². The zero-order valence-electron chi connectivity index (χ0n) is 15.9. The Morgan fingerprint density at radius 2 is 1.93 bits per heavy atom. The van der Waals surface area contributed by atoms with Crippen molar-refractivity contribution in [2.75, 3.05) is 0 Å². The summed E-state index contributed by atoms with van der Waals surface area (Å²) in [7, 11) is 0. The number of nitrogens with zero attached hydrogens (tertiary/aromatic N) is 2. The molecule has 1 aromatic carbocycles. The average Bonchev–Trinajstić information content (AvgIpc) is 3.07. The summed E-state index contributed by atoms with van der Waals surface area (Å²) in [5, 5.41) is 12.0. The van der Waals surface area contributed by atoms with Crippen LogP contribution >= 0.6 is 0 Å². The summed E-state index contributed by atoms with van der Waals surface area (Å²) in [6.45, 7) is 5.59. The second-order valence-corrected chi connectivity index (χ2v) is 7.05. The topological polar surface area (TPSA) is 105 Å². The van der Waals surface area contributed by atoms with Gasteiger partial charge >= 0.3 is 6.03 Å². The first kappa shape index (κ1) is 19.5. The van der Waals surface area contributed by atoms with E-state index in [9.17, 15) is 18.8 Å². The first-order valence-electron chi connectivity index (χ1n) is 8.91. The van der Waals surface area contributed by atoms with Gasteiger partial charge in [0.25, 0.3) is 5.91 Å². The maximum absolute atomic E-state index is 13.1. The molecule has 2 heterocycles. The Hall–Kier alpha value is -3.23. The van der Waals surface area contributed by atoms with Crippen molar-refractivity contribution in [1.82, 2.24) is 25.7 Å². The van der Waals surface area contributed by atoms with Crippen LogP contribution < -0.4 is 16.0 Å². The van der Waals surface area contributed by atoms with Crippen molar-refractivity contribution in [3.05, 3.63) is 47.0 Å². The number of carbonyl (C=O) groups excluding carboxylic acids is 3. The van der Waals surface area contributed by atoms with Crippen LogP contribution in [0.4, 0.5) is 9.18 Å². The summed E-state index contributed by atoms with van der Waals surface area (Å²) < 4.78 is 14.8. The lowest BCUT2D eigenvalue weighted by Crippen LogP contribution is -2.44. The molecule has 0 spiro atoms. The Morgan fingerprint density at radius 1 is 1.25 bits per heavy atom. The summed E-state index contributed by atoms with van der Waals surface area (Å²) in [6.07, 6.45) is 0.289. The number of aromatic nitrogens is 2. The van der Waals surface area contributed by atoms with Gasteiger partial charge in [-0.15, -0.1) is 0 Å². The minimum absolute atomic E-state index is 0.0917. The fraction of sp³-hybridized carbons (Fsp3) is 0.368. The minimum Gasteiger partial charge on any atom is -0.352 e. The average molecular weight is 387 g/mol. The van der Waals surface area contributed by atoms with E-state index in [1.807, 2.05) is 13.8 Å². The third-order valence-electron chi connectivity index (χ3n) is 4.94. The molecule has 8 nitrogen and oxygen atoms in total. The summed E-state index contributed by atoms with van der Waals surface area (Å²) >= 11 is 0. The molecule has 1 aromatic heterocycles. The van der Waals surface area contributed by atoms with Crippen molar-refractivity contribution in [2.24, 2.45) is 0 Å². The third kappa shape index (κ3) is 3.88. The molecule has 1 atom stereocenters. The van der Waals surface area contributed by atoms with E-state index < -0.39 is 17.5 Å². The molecule has 1 saturated heterocycles. The van der Waals surface area contributed by atoms with Crippen LogP contribution in [0.5, 0.6) is 0 Å². The maximum atomic E-state index is 13.1. The molecule has 0 aliphatic carbocycles. The molecule has 3 N–H and O–H groups in total. The van der Waals surface area contributed by atoms with Gasteiger partial charge in [-0.3, -0.25) is 14.9 Å². The molecule has 3 rings (SSSR count). The van der Waals surface area contributed by atoms with Crippen LogP contribution in [0.25, 0.3) is 5.69 Å². The number of carbonyl (C=O) groups is 3. The molecule has 28 heavy (non-hydrogen) atoms. The SMILES string of the molecule is Cc1nn(-c2ccc(F)cc2)c(C)c1CNC(=O)CC[C@]1(C)NC(=O)NC1=O. The monoisotopic (exact) mass is 387 g/mol. The van der Waals surface area contributed by atoms with Crippen LogP contribution in [0, 0.1) is 19.7 Å². The van der Waals surface area contributed by atoms with Crippen LogP contribution in [-0.4, -0.2) is 33.2 Å². The molecule has 0 unspecified atom stereocenters. The summed E-state index contributed by atoms with van der Waals surface area (Å²) in [6, 6.07) is 5.46. The number of imide groups is 1. The number of aryl methyl sites for hydroxylation is 1. The molecule has 9 heteroatoms. The smallest absolute Gasteiger partial charge is 0.322 e. The number of amides is 4. The first-order chi connectivity index (χ1) is 13.2. The van der Waals surface area contributed by atoms with Gasteiger partial charge in [-0.2, -0.15) is 5.10 Å². The second-order valence-electron chi connectivity index (χ2n) is 7.05. The van der Waals surface area contributed by atoms with Crippen LogP contribution in [-0.2, 0) is 16.1 Å². The number of benzene rings is 1. The molecule has 2 aromatic rings.